The van der Waals surface area contributed by atoms with E-state index in [1.54, 1.807) is 0 Å². The molecule has 0 aromatic heterocycles. The number of hydrogen-bond acceptors (Lipinski definition) is 4. The Kier molecular flexibility index (Phi) is 7.39. The lowest BCUT2D eigenvalue weighted by molar-refractivity contribution is -0.201. The monoisotopic (exact) mass is 190 g/mol. The van der Waals surface area contributed by atoms with Gasteiger partial charge in [0.1, 0.15) is 0 Å². The second-order valence-corrected chi connectivity index (χ2v) is 3.07. The molecule has 0 rings (SSSR count). The van der Waals surface area contributed by atoms with Crippen molar-refractivity contribution in [3.05, 3.63) is 0 Å². The summed E-state index contributed by atoms with van der Waals surface area (Å²) in [5.74, 6) is 0.374. The van der Waals surface area contributed by atoms with Crippen molar-refractivity contribution in [2.75, 3.05) is 6.61 Å². The highest BCUT2D eigenvalue weighted by Gasteiger charge is 2.10. The molecule has 0 heterocycles. The fourth-order valence-electron chi connectivity index (χ4n) is 1.11. The van der Waals surface area contributed by atoms with Crippen LogP contribution in [0.2, 0.25) is 0 Å². The van der Waals surface area contributed by atoms with Crippen molar-refractivity contribution in [1.29, 1.82) is 0 Å². The van der Waals surface area contributed by atoms with E-state index < -0.39 is 6.16 Å². The molecule has 0 saturated carbocycles. The average molecular weight is 190 g/mol. The predicted octanol–water partition coefficient (Wildman–Crippen LogP) is 2.83. The predicted molar refractivity (Wildman–Crippen MR) is 48.4 cm³/mol. The van der Waals surface area contributed by atoms with Crippen molar-refractivity contribution in [3.8, 4) is 0 Å². The molecule has 0 aliphatic carbocycles. The number of hydrogen-bond donors (Lipinski definition) is 1. The molecular formula is C9H18O4. The molecule has 0 unspecified atom stereocenters. The molecular weight excluding hydrogens is 172 g/mol. The molecule has 0 aliphatic rings. The van der Waals surface area contributed by atoms with Crippen LogP contribution in [-0.4, -0.2) is 18.0 Å². The van der Waals surface area contributed by atoms with Crippen LogP contribution < -0.4 is 0 Å². The first-order valence-corrected chi connectivity index (χ1v) is 4.72. The summed E-state index contributed by atoms with van der Waals surface area (Å²) in [7, 11) is 0. The van der Waals surface area contributed by atoms with Crippen molar-refractivity contribution >= 4 is 6.16 Å². The number of unbranched alkanes of at least 4 members (excludes halogenated alkanes) is 1. The Bertz CT molecular complexity index is 136. The van der Waals surface area contributed by atoms with Crippen molar-refractivity contribution < 1.29 is 19.7 Å². The summed E-state index contributed by atoms with van der Waals surface area (Å²) in [5, 5.41) is 7.92. The van der Waals surface area contributed by atoms with Gasteiger partial charge in [-0.25, -0.2) is 4.79 Å². The molecule has 1 atom stereocenters. The highest BCUT2D eigenvalue weighted by Crippen LogP contribution is 2.12. The van der Waals surface area contributed by atoms with Crippen LogP contribution >= 0.6 is 0 Å². The second kappa shape index (κ2) is 7.86. The Morgan fingerprint density at radius 1 is 1.46 bits per heavy atom. The van der Waals surface area contributed by atoms with Gasteiger partial charge in [-0.15, -0.1) is 0 Å². The zero-order chi connectivity index (χ0) is 10.1. The molecule has 0 bridgehead atoms. The third-order valence-corrected chi connectivity index (χ3v) is 2.05. The minimum atomic E-state index is -1.02. The van der Waals surface area contributed by atoms with Crippen LogP contribution in [-0.2, 0) is 9.62 Å². The zero-order valence-electron chi connectivity index (χ0n) is 8.28. The van der Waals surface area contributed by atoms with Crippen molar-refractivity contribution in [2.24, 2.45) is 5.92 Å². The number of carbonyl (C=O) groups is 1. The van der Waals surface area contributed by atoms with Gasteiger partial charge in [0.2, 0.25) is 0 Å². The summed E-state index contributed by atoms with van der Waals surface area (Å²) in [4.78, 5) is 13.8. The summed E-state index contributed by atoms with van der Waals surface area (Å²) in [6.07, 6.45) is 3.27. The lowest BCUT2D eigenvalue weighted by Gasteiger charge is -2.12. The molecule has 4 nitrogen and oxygen atoms in total. The van der Waals surface area contributed by atoms with Crippen LogP contribution in [0.3, 0.4) is 0 Å². The van der Waals surface area contributed by atoms with Gasteiger partial charge in [-0.1, -0.05) is 33.1 Å². The first kappa shape index (κ1) is 12.2. The minimum Gasteiger partial charge on any atom is -0.432 e. The average Bonchev–Trinajstić information content (AvgIpc) is 2.17. The van der Waals surface area contributed by atoms with Gasteiger partial charge < -0.3 is 4.74 Å². The van der Waals surface area contributed by atoms with Crippen LogP contribution in [0.5, 0.6) is 0 Å². The van der Waals surface area contributed by atoms with Crippen LogP contribution in [0, 0.1) is 5.92 Å². The molecule has 0 aliphatic heterocycles. The van der Waals surface area contributed by atoms with E-state index in [1.807, 2.05) is 6.92 Å². The molecule has 0 saturated heterocycles. The topological polar surface area (TPSA) is 55.8 Å². The van der Waals surface area contributed by atoms with Gasteiger partial charge in [0.15, 0.2) is 0 Å². The summed E-state index contributed by atoms with van der Waals surface area (Å²) < 4.78 is 4.63. The van der Waals surface area contributed by atoms with Crippen molar-refractivity contribution in [1.82, 2.24) is 0 Å². The third-order valence-electron chi connectivity index (χ3n) is 2.05. The first-order chi connectivity index (χ1) is 6.24. The summed E-state index contributed by atoms with van der Waals surface area (Å²) in [6, 6.07) is 0. The molecule has 0 amide bonds. The smallest absolute Gasteiger partial charge is 0.432 e. The normalized spacial score (nSPS) is 12.2. The molecule has 0 aromatic carbocycles. The van der Waals surface area contributed by atoms with Crippen LogP contribution in [0.25, 0.3) is 0 Å². The van der Waals surface area contributed by atoms with Gasteiger partial charge in [-0.3, -0.25) is 4.89 Å². The first-order valence-electron chi connectivity index (χ1n) is 4.72. The maximum atomic E-state index is 10.4. The maximum Gasteiger partial charge on any atom is 0.540 e. The molecule has 78 valence electrons. The van der Waals surface area contributed by atoms with Gasteiger partial charge in [0.05, 0.1) is 6.61 Å². The highest BCUT2D eigenvalue weighted by atomic mass is 17.1. The van der Waals surface area contributed by atoms with Crippen molar-refractivity contribution in [2.45, 2.75) is 39.5 Å². The van der Waals surface area contributed by atoms with Crippen LogP contribution in [0.4, 0.5) is 4.79 Å². The van der Waals surface area contributed by atoms with E-state index >= 15 is 0 Å². The Morgan fingerprint density at radius 3 is 2.62 bits per heavy atom. The third kappa shape index (κ3) is 6.40. The lowest BCUT2D eigenvalue weighted by Crippen LogP contribution is -2.13. The van der Waals surface area contributed by atoms with E-state index in [0.717, 1.165) is 25.7 Å². The minimum absolute atomic E-state index is 0.329. The molecule has 0 fully saturated rings. The van der Waals surface area contributed by atoms with Crippen LogP contribution in [0.15, 0.2) is 0 Å². The summed E-state index contributed by atoms with van der Waals surface area (Å²) in [5.41, 5.74) is 0. The molecule has 0 radical (unpaired) electrons. The van der Waals surface area contributed by atoms with Gasteiger partial charge in [-0.05, 0) is 12.3 Å². The summed E-state index contributed by atoms with van der Waals surface area (Å²) >= 11 is 0. The number of ether oxygens (including phenoxy) is 1. The SMILES string of the molecule is CCCC[C@@H](CC)COC(=O)OO. The molecule has 4 heteroatoms. The van der Waals surface area contributed by atoms with E-state index in [9.17, 15) is 4.79 Å². The Hall–Kier alpha value is -0.770. The Labute approximate surface area is 78.8 Å². The van der Waals surface area contributed by atoms with E-state index in [4.69, 9.17) is 5.26 Å². The number of carbonyl (C=O) groups excluding carboxylic acids is 1. The highest BCUT2D eigenvalue weighted by molar-refractivity contribution is 5.58. The van der Waals surface area contributed by atoms with Crippen LogP contribution in [0.1, 0.15) is 39.5 Å². The van der Waals surface area contributed by atoms with Gasteiger partial charge in [-0.2, -0.15) is 5.26 Å². The lowest BCUT2D eigenvalue weighted by atomic mass is 10.0. The quantitative estimate of drug-likeness (QED) is 0.397. The largest absolute Gasteiger partial charge is 0.540 e. The van der Waals surface area contributed by atoms with Crippen molar-refractivity contribution in [3.63, 3.8) is 0 Å². The molecule has 0 spiro atoms. The Balaban J connectivity index is 3.52. The zero-order valence-corrected chi connectivity index (χ0v) is 8.28. The Morgan fingerprint density at radius 2 is 2.15 bits per heavy atom. The van der Waals surface area contributed by atoms with E-state index in [1.165, 1.54) is 0 Å². The fourth-order valence-corrected chi connectivity index (χ4v) is 1.11. The standard InChI is InChI=1S/C9H18O4/c1-3-5-6-8(4-2)7-12-9(10)13-11/h8,11H,3-7H2,1-2H3/t8-/m1/s1. The fraction of sp³-hybridized carbons (Fsp3) is 0.889. The number of rotatable bonds is 6. The second-order valence-electron chi connectivity index (χ2n) is 3.07. The van der Waals surface area contributed by atoms with Gasteiger partial charge in [0.25, 0.3) is 0 Å². The summed E-state index contributed by atoms with van der Waals surface area (Å²) in [6.45, 7) is 4.50. The van der Waals surface area contributed by atoms with Gasteiger partial charge >= 0.3 is 6.16 Å². The maximum absolute atomic E-state index is 10.4. The van der Waals surface area contributed by atoms with E-state index in [-0.39, 0.29) is 0 Å². The molecule has 1 N–H and O–H groups in total. The molecule has 13 heavy (non-hydrogen) atoms. The molecule has 0 aromatic rings. The van der Waals surface area contributed by atoms with E-state index in [2.05, 4.69) is 16.5 Å². The van der Waals surface area contributed by atoms with Gasteiger partial charge in [0, 0.05) is 0 Å². The van der Waals surface area contributed by atoms with E-state index in [0.29, 0.717) is 12.5 Å².